The van der Waals surface area contributed by atoms with Crippen molar-refractivity contribution in [3.63, 3.8) is 0 Å². The van der Waals surface area contributed by atoms with Gasteiger partial charge in [-0.15, -0.1) is 0 Å². The lowest BCUT2D eigenvalue weighted by molar-refractivity contribution is -0.119. The summed E-state index contributed by atoms with van der Waals surface area (Å²) in [7, 11) is 0. The molecule has 1 aromatic rings. The van der Waals surface area contributed by atoms with E-state index < -0.39 is 5.82 Å². The van der Waals surface area contributed by atoms with Crippen LogP contribution in [0.15, 0.2) is 18.2 Å². The number of halogens is 1. The van der Waals surface area contributed by atoms with Crippen LogP contribution in [0.4, 0.5) is 10.1 Å². The molecule has 1 heterocycles. The van der Waals surface area contributed by atoms with Crippen LogP contribution in [-0.2, 0) is 9.53 Å². The molecule has 1 atom stereocenters. The highest BCUT2D eigenvalue weighted by atomic mass is 19.1. The summed E-state index contributed by atoms with van der Waals surface area (Å²) in [5, 5.41) is 11.3. The van der Waals surface area contributed by atoms with Crippen molar-refractivity contribution in [2.24, 2.45) is 5.92 Å². The Morgan fingerprint density at radius 2 is 2.40 bits per heavy atom. The molecule has 20 heavy (non-hydrogen) atoms. The Hall–Kier alpha value is -1.90. The van der Waals surface area contributed by atoms with Gasteiger partial charge in [-0.2, -0.15) is 0 Å². The Kier molecular flexibility index (Phi) is 5.10. The van der Waals surface area contributed by atoms with Crippen molar-refractivity contribution in [1.29, 1.82) is 0 Å². The second-order valence-electron chi connectivity index (χ2n) is 4.52. The van der Waals surface area contributed by atoms with Crippen LogP contribution in [0.25, 0.3) is 0 Å². The summed E-state index contributed by atoms with van der Waals surface area (Å²) in [4.78, 5) is 11.9. The minimum atomic E-state index is -0.490. The van der Waals surface area contributed by atoms with E-state index >= 15 is 0 Å². The number of hydrogen-bond donors (Lipinski definition) is 2. The van der Waals surface area contributed by atoms with Crippen molar-refractivity contribution in [3.8, 4) is 11.8 Å². The summed E-state index contributed by atoms with van der Waals surface area (Å²) in [5.74, 6) is 4.48. The summed E-state index contributed by atoms with van der Waals surface area (Å²) >= 11 is 0. The molecule has 2 N–H and O–H groups in total. The molecule has 1 fully saturated rings. The molecule has 1 amide bonds. The number of carbonyl (C=O) groups excluding carboxylic acids is 1. The molecule has 4 nitrogen and oxygen atoms in total. The molecule has 0 aromatic heterocycles. The van der Waals surface area contributed by atoms with E-state index in [2.05, 4.69) is 17.2 Å². The number of hydrogen-bond acceptors (Lipinski definition) is 3. The van der Waals surface area contributed by atoms with E-state index in [0.717, 1.165) is 0 Å². The zero-order chi connectivity index (χ0) is 14.4. The van der Waals surface area contributed by atoms with Crippen LogP contribution in [0, 0.1) is 23.6 Å². The Morgan fingerprint density at radius 3 is 3.05 bits per heavy atom. The first-order valence-corrected chi connectivity index (χ1v) is 6.48. The quantitative estimate of drug-likeness (QED) is 0.824. The van der Waals surface area contributed by atoms with Crippen LogP contribution in [-0.4, -0.2) is 30.8 Å². The van der Waals surface area contributed by atoms with Gasteiger partial charge in [-0.25, -0.2) is 4.39 Å². The molecule has 1 unspecified atom stereocenters. The monoisotopic (exact) mass is 277 g/mol. The molecule has 0 aliphatic carbocycles. The van der Waals surface area contributed by atoms with Gasteiger partial charge < -0.3 is 15.2 Å². The molecular formula is C15H16FNO3. The molecule has 5 heteroatoms. The number of nitrogens with one attached hydrogen (secondary N) is 1. The fourth-order valence-corrected chi connectivity index (χ4v) is 1.89. The van der Waals surface area contributed by atoms with Crippen molar-refractivity contribution in [2.45, 2.75) is 12.8 Å². The topological polar surface area (TPSA) is 58.6 Å². The average molecular weight is 277 g/mol. The lowest BCUT2D eigenvalue weighted by Crippen LogP contribution is -2.22. The third kappa shape index (κ3) is 3.80. The van der Waals surface area contributed by atoms with Crippen LogP contribution >= 0.6 is 0 Å². The second kappa shape index (κ2) is 7.04. The van der Waals surface area contributed by atoms with E-state index in [0.29, 0.717) is 31.7 Å². The molecule has 106 valence electrons. The highest BCUT2D eigenvalue weighted by molar-refractivity contribution is 5.92. The van der Waals surface area contributed by atoms with E-state index in [4.69, 9.17) is 9.84 Å². The predicted molar refractivity (Wildman–Crippen MR) is 72.5 cm³/mol. The second-order valence-corrected chi connectivity index (χ2v) is 4.52. The van der Waals surface area contributed by atoms with E-state index in [-0.39, 0.29) is 24.0 Å². The lowest BCUT2D eigenvalue weighted by atomic mass is 10.1. The zero-order valence-corrected chi connectivity index (χ0v) is 11.0. The Balaban J connectivity index is 2.01. The largest absolute Gasteiger partial charge is 0.395 e. The zero-order valence-electron chi connectivity index (χ0n) is 11.0. The first kappa shape index (κ1) is 14.5. The van der Waals surface area contributed by atoms with Crippen LogP contribution < -0.4 is 5.32 Å². The third-order valence-corrected chi connectivity index (χ3v) is 3.00. The smallest absolute Gasteiger partial charge is 0.229 e. The highest BCUT2D eigenvalue weighted by Crippen LogP contribution is 2.18. The molecule has 1 aromatic carbocycles. The van der Waals surface area contributed by atoms with Crippen molar-refractivity contribution < 1.29 is 19.0 Å². The van der Waals surface area contributed by atoms with E-state index in [9.17, 15) is 9.18 Å². The van der Waals surface area contributed by atoms with Crippen LogP contribution in [0.2, 0.25) is 0 Å². The summed E-state index contributed by atoms with van der Waals surface area (Å²) in [5.41, 5.74) is 0.660. The standard InChI is InChI=1S/C15H16FNO3/c16-14-9-13(5-4-11(14)3-1-2-7-18)17-15(19)12-6-8-20-10-12/h4-5,9,12,18H,2,6-8,10H2,(H,17,19). The van der Waals surface area contributed by atoms with Gasteiger partial charge in [-0.05, 0) is 24.6 Å². The van der Waals surface area contributed by atoms with E-state index in [1.54, 1.807) is 6.07 Å². The fourth-order valence-electron chi connectivity index (χ4n) is 1.89. The molecule has 1 saturated heterocycles. The summed E-state index contributed by atoms with van der Waals surface area (Å²) in [6, 6.07) is 4.37. The van der Waals surface area contributed by atoms with Crippen LogP contribution in [0.3, 0.4) is 0 Å². The molecule has 0 radical (unpaired) electrons. The van der Waals surface area contributed by atoms with Gasteiger partial charge in [0.1, 0.15) is 5.82 Å². The van der Waals surface area contributed by atoms with Gasteiger partial charge in [0.25, 0.3) is 0 Å². The summed E-state index contributed by atoms with van der Waals surface area (Å²) < 4.78 is 18.9. The molecule has 2 rings (SSSR count). The number of carbonyl (C=O) groups is 1. The van der Waals surface area contributed by atoms with Gasteiger partial charge >= 0.3 is 0 Å². The van der Waals surface area contributed by atoms with Crippen molar-refractivity contribution in [1.82, 2.24) is 0 Å². The maximum absolute atomic E-state index is 13.8. The number of rotatable bonds is 3. The summed E-state index contributed by atoms with van der Waals surface area (Å²) in [6.45, 7) is 0.955. The van der Waals surface area contributed by atoms with Gasteiger partial charge in [-0.3, -0.25) is 4.79 Å². The van der Waals surface area contributed by atoms with Crippen LogP contribution in [0.5, 0.6) is 0 Å². The molecule has 1 aliphatic rings. The normalized spacial score (nSPS) is 17.4. The Morgan fingerprint density at radius 1 is 1.55 bits per heavy atom. The van der Waals surface area contributed by atoms with E-state index in [1.807, 2.05) is 0 Å². The van der Waals surface area contributed by atoms with Gasteiger partial charge in [0.2, 0.25) is 5.91 Å². The number of anilines is 1. The van der Waals surface area contributed by atoms with E-state index in [1.165, 1.54) is 12.1 Å². The van der Waals surface area contributed by atoms with Crippen molar-refractivity contribution in [2.75, 3.05) is 25.1 Å². The van der Waals surface area contributed by atoms with Gasteiger partial charge in [-0.1, -0.05) is 11.8 Å². The maximum Gasteiger partial charge on any atom is 0.229 e. The number of benzene rings is 1. The number of ether oxygens (including phenoxy) is 1. The number of aliphatic hydroxyl groups is 1. The number of aliphatic hydroxyl groups excluding tert-OH is 1. The first-order chi connectivity index (χ1) is 9.70. The van der Waals surface area contributed by atoms with Gasteiger partial charge in [0.15, 0.2) is 0 Å². The average Bonchev–Trinajstić information content (AvgIpc) is 2.95. The summed E-state index contributed by atoms with van der Waals surface area (Å²) in [6.07, 6.45) is 0.999. The minimum absolute atomic E-state index is 0.0494. The Bertz CT molecular complexity index is 542. The van der Waals surface area contributed by atoms with Crippen molar-refractivity contribution in [3.05, 3.63) is 29.6 Å². The fraction of sp³-hybridized carbons (Fsp3) is 0.400. The first-order valence-electron chi connectivity index (χ1n) is 6.48. The maximum atomic E-state index is 13.8. The molecule has 0 bridgehead atoms. The third-order valence-electron chi connectivity index (χ3n) is 3.00. The highest BCUT2D eigenvalue weighted by Gasteiger charge is 2.23. The predicted octanol–water partition coefficient (Wildman–Crippen LogP) is 1.53. The Labute approximate surface area is 116 Å². The molecular weight excluding hydrogens is 261 g/mol. The van der Waals surface area contributed by atoms with Gasteiger partial charge in [0, 0.05) is 18.7 Å². The molecule has 0 spiro atoms. The lowest BCUT2D eigenvalue weighted by Gasteiger charge is -2.09. The van der Waals surface area contributed by atoms with Gasteiger partial charge in [0.05, 0.1) is 24.7 Å². The SMILES string of the molecule is O=C(Nc1ccc(C#CCCO)c(F)c1)C1CCOC1. The minimum Gasteiger partial charge on any atom is -0.395 e. The number of amides is 1. The molecule has 0 saturated carbocycles. The van der Waals surface area contributed by atoms with Crippen LogP contribution in [0.1, 0.15) is 18.4 Å². The van der Waals surface area contributed by atoms with Crippen molar-refractivity contribution >= 4 is 11.6 Å². The molecule has 1 aliphatic heterocycles.